The van der Waals surface area contributed by atoms with Gasteiger partial charge in [-0.15, -0.1) is 0 Å². The van der Waals surface area contributed by atoms with Crippen LogP contribution in [0.1, 0.15) is 5.56 Å². The molecule has 7 heteroatoms. The van der Waals surface area contributed by atoms with E-state index in [1.54, 1.807) is 30.3 Å². The van der Waals surface area contributed by atoms with Gasteiger partial charge in [0.25, 0.3) is 5.84 Å². The van der Waals surface area contributed by atoms with E-state index >= 15 is 0 Å². The van der Waals surface area contributed by atoms with Gasteiger partial charge < -0.3 is 21.5 Å². The number of amidine groups is 1. The van der Waals surface area contributed by atoms with Gasteiger partial charge in [-0.1, -0.05) is 30.3 Å². The average Bonchev–Trinajstić information content (AvgIpc) is 2.61. The molecule has 0 aliphatic carbocycles. The first-order chi connectivity index (χ1) is 12.9. The molecule has 0 atom stereocenters. The Bertz CT molecular complexity index is 1000. The highest BCUT2D eigenvalue weighted by molar-refractivity contribution is 6.04. The lowest BCUT2D eigenvalue weighted by molar-refractivity contribution is -0.114. The third-order valence-corrected chi connectivity index (χ3v) is 3.94. The predicted molar refractivity (Wildman–Crippen MR) is 107 cm³/mol. The second-order valence-corrected chi connectivity index (χ2v) is 5.93. The Morgan fingerprint density at radius 1 is 0.926 bits per heavy atom. The molecule has 0 spiro atoms. The first kappa shape index (κ1) is 17.8. The number of hydrogen-bond donors (Lipinski definition) is 6. The summed E-state index contributed by atoms with van der Waals surface area (Å²) in [6.07, 6.45) is 0. The molecule has 2 amide bonds. The number of amides is 2. The van der Waals surface area contributed by atoms with Crippen molar-refractivity contribution in [3.8, 4) is 16.9 Å². The fourth-order valence-electron chi connectivity index (χ4n) is 2.74. The van der Waals surface area contributed by atoms with E-state index in [-0.39, 0.29) is 11.6 Å². The van der Waals surface area contributed by atoms with E-state index in [1.165, 1.54) is 12.1 Å². The van der Waals surface area contributed by atoms with Gasteiger partial charge in [0.05, 0.1) is 5.56 Å². The number of nitrogens with one attached hydrogen (secondary N) is 2. The van der Waals surface area contributed by atoms with Crippen molar-refractivity contribution in [1.29, 1.82) is 0 Å². The zero-order valence-electron chi connectivity index (χ0n) is 14.4. The van der Waals surface area contributed by atoms with E-state index in [0.29, 0.717) is 22.6 Å². The molecule has 27 heavy (non-hydrogen) atoms. The third kappa shape index (κ3) is 4.16. The van der Waals surface area contributed by atoms with Crippen LogP contribution in [0.3, 0.4) is 0 Å². The molecule has 0 radical (unpaired) electrons. The molecule has 3 aromatic carbocycles. The largest absolute Gasteiger partial charge is 0.508 e. The predicted octanol–water partition coefficient (Wildman–Crippen LogP) is 1.75. The van der Waals surface area contributed by atoms with Crippen molar-refractivity contribution in [2.24, 2.45) is 5.73 Å². The zero-order valence-corrected chi connectivity index (χ0v) is 14.4. The van der Waals surface area contributed by atoms with Gasteiger partial charge in [-0.3, -0.25) is 11.1 Å². The van der Waals surface area contributed by atoms with Crippen molar-refractivity contribution in [3.63, 3.8) is 0 Å². The number of phenolic OH excluding ortho intramolecular Hbond substituents is 1. The highest BCUT2D eigenvalue weighted by atomic mass is 16.3. The molecule has 7 nitrogen and oxygen atoms in total. The van der Waals surface area contributed by atoms with Gasteiger partial charge in [0.15, 0.2) is 0 Å². The van der Waals surface area contributed by atoms with Crippen LogP contribution in [-0.2, 0) is 0 Å². The summed E-state index contributed by atoms with van der Waals surface area (Å²) in [4.78, 5) is 12.1. The summed E-state index contributed by atoms with van der Waals surface area (Å²) in [5.41, 5.74) is 15.6. The Kier molecular flexibility index (Phi) is 4.94. The van der Waals surface area contributed by atoms with E-state index in [1.807, 2.05) is 24.3 Å². The number of aromatic hydroxyl groups is 1. The SMILES string of the molecule is NC(=[NH2+])c1c(N)cccc1-c1ccc(NC(=O)Nc2cccc(O)c2)cc1. The first-order valence-electron chi connectivity index (χ1n) is 8.18. The van der Waals surface area contributed by atoms with E-state index < -0.39 is 6.03 Å². The second kappa shape index (κ2) is 7.49. The normalized spacial score (nSPS) is 10.2. The number of carbonyl (C=O) groups excluding carboxylic acids is 1. The maximum atomic E-state index is 12.1. The van der Waals surface area contributed by atoms with E-state index in [0.717, 1.165) is 11.1 Å². The minimum absolute atomic E-state index is 0.0751. The van der Waals surface area contributed by atoms with Crippen molar-refractivity contribution in [2.45, 2.75) is 0 Å². The van der Waals surface area contributed by atoms with Crippen molar-refractivity contribution in [2.75, 3.05) is 16.4 Å². The Labute approximate surface area is 156 Å². The van der Waals surface area contributed by atoms with Crippen LogP contribution in [0.15, 0.2) is 66.7 Å². The van der Waals surface area contributed by atoms with E-state index in [9.17, 15) is 9.90 Å². The lowest BCUT2D eigenvalue weighted by atomic mass is 9.97. The molecule has 0 bridgehead atoms. The Morgan fingerprint density at radius 2 is 1.59 bits per heavy atom. The summed E-state index contributed by atoms with van der Waals surface area (Å²) >= 11 is 0. The molecule has 0 fully saturated rings. The van der Waals surface area contributed by atoms with Gasteiger partial charge in [0.2, 0.25) is 0 Å². The summed E-state index contributed by atoms with van der Waals surface area (Å²) < 4.78 is 0. The number of nitrogen functional groups attached to an aromatic ring is 1. The number of carbonyl (C=O) groups is 1. The van der Waals surface area contributed by atoms with Gasteiger partial charge in [-0.2, -0.15) is 0 Å². The quantitative estimate of drug-likeness (QED) is 0.239. The van der Waals surface area contributed by atoms with Gasteiger partial charge >= 0.3 is 6.03 Å². The summed E-state index contributed by atoms with van der Waals surface area (Å²) in [6.45, 7) is 0. The monoisotopic (exact) mass is 362 g/mol. The summed E-state index contributed by atoms with van der Waals surface area (Å²) in [6, 6.07) is 18.5. The third-order valence-electron chi connectivity index (χ3n) is 3.94. The molecule has 0 aliphatic rings. The van der Waals surface area contributed by atoms with Crippen molar-refractivity contribution < 1.29 is 15.3 Å². The summed E-state index contributed by atoms with van der Waals surface area (Å²) in [5.74, 6) is 0.224. The smallest absolute Gasteiger partial charge is 0.323 e. The lowest BCUT2D eigenvalue weighted by Gasteiger charge is -2.11. The number of hydrogen-bond acceptors (Lipinski definition) is 3. The van der Waals surface area contributed by atoms with Crippen LogP contribution in [0.2, 0.25) is 0 Å². The molecule has 9 N–H and O–H groups in total. The number of rotatable bonds is 4. The fraction of sp³-hybridized carbons (Fsp3) is 0. The molecule has 3 rings (SSSR count). The van der Waals surface area contributed by atoms with Crippen LogP contribution in [0.4, 0.5) is 21.9 Å². The second-order valence-electron chi connectivity index (χ2n) is 5.93. The Morgan fingerprint density at radius 3 is 2.26 bits per heavy atom. The summed E-state index contributed by atoms with van der Waals surface area (Å²) in [5, 5.41) is 20.6. The van der Waals surface area contributed by atoms with Crippen LogP contribution in [0.5, 0.6) is 5.75 Å². The van der Waals surface area contributed by atoms with Crippen LogP contribution >= 0.6 is 0 Å². The molecule has 0 aromatic heterocycles. The van der Waals surface area contributed by atoms with E-state index in [2.05, 4.69) is 10.6 Å². The van der Waals surface area contributed by atoms with Crippen LogP contribution in [0.25, 0.3) is 11.1 Å². The number of anilines is 3. The van der Waals surface area contributed by atoms with E-state index in [4.69, 9.17) is 16.9 Å². The summed E-state index contributed by atoms with van der Waals surface area (Å²) in [7, 11) is 0. The average molecular weight is 362 g/mol. The lowest BCUT2D eigenvalue weighted by Crippen LogP contribution is -2.46. The molecule has 0 heterocycles. The number of phenols is 1. The zero-order chi connectivity index (χ0) is 19.4. The Hall–Kier alpha value is -4.00. The van der Waals surface area contributed by atoms with Gasteiger partial charge in [-0.25, -0.2) is 4.79 Å². The van der Waals surface area contributed by atoms with Crippen molar-refractivity contribution in [3.05, 3.63) is 72.3 Å². The minimum Gasteiger partial charge on any atom is -0.508 e. The molecule has 0 aliphatic heterocycles. The first-order valence-corrected chi connectivity index (χ1v) is 8.18. The molecular formula is C20H20N5O2+. The van der Waals surface area contributed by atoms with Gasteiger partial charge in [-0.05, 0) is 41.5 Å². The molecule has 0 unspecified atom stereocenters. The maximum absolute atomic E-state index is 12.1. The number of benzene rings is 3. The van der Waals surface area contributed by atoms with Crippen LogP contribution in [-0.4, -0.2) is 17.0 Å². The Balaban J connectivity index is 1.75. The van der Waals surface area contributed by atoms with Crippen molar-refractivity contribution in [1.82, 2.24) is 0 Å². The van der Waals surface area contributed by atoms with Crippen LogP contribution in [0, 0.1) is 0 Å². The topological polar surface area (TPSA) is 139 Å². The molecule has 3 aromatic rings. The molecule has 136 valence electrons. The highest BCUT2D eigenvalue weighted by Gasteiger charge is 2.14. The molecule has 0 saturated heterocycles. The number of nitrogens with two attached hydrogens (primary N) is 3. The van der Waals surface area contributed by atoms with Crippen molar-refractivity contribution >= 4 is 28.9 Å². The van der Waals surface area contributed by atoms with Gasteiger partial charge in [0, 0.05) is 23.1 Å². The highest BCUT2D eigenvalue weighted by Crippen LogP contribution is 2.28. The maximum Gasteiger partial charge on any atom is 0.323 e. The molecular weight excluding hydrogens is 342 g/mol. The van der Waals surface area contributed by atoms with Gasteiger partial charge in [0.1, 0.15) is 5.75 Å². The fourth-order valence-corrected chi connectivity index (χ4v) is 2.74. The molecule has 0 saturated carbocycles. The standard InChI is InChI=1S/C20H19N5O2/c21-17-6-2-5-16(18(17)19(22)23)12-7-9-13(10-8-12)24-20(27)25-14-3-1-4-15(26)11-14/h1-11,26H,21H2,(H3,22,23)(H2,24,25,27)/p+1. The number of urea groups is 1. The van der Waals surface area contributed by atoms with Crippen LogP contribution < -0.4 is 27.5 Å². The minimum atomic E-state index is -0.419.